The van der Waals surface area contributed by atoms with E-state index < -0.39 is 0 Å². The molecule has 0 saturated heterocycles. The number of pyridine rings is 1. The predicted octanol–water partition coefficient (Wildman–Crippen LogP) is 1.18. The predicted molar refractivity (Wildman–Crippen MR) is 51.0 cm³/mol. The minimum absolute atomic E-state index is 0.357. The Morgan fingerprint density at radius 2 is 2.21 bits per heavy atom. The summed E-state index contributed by atoms with van der Waals surface area (Å²) in [6.07, 6.45) is 3.35. The van der Waals surface area contributed by atoms with E-state index in [2.05, 4.69) is 34.4 Å². The fourth-order valence-electron chi connectivity index (χ4n) is 1.32. The Hall–Kier alpha value is -1.78. The highest BCUT2D eigenvalue weighted by Gasteiger charge is 2.09. The maximum atomic E-state index is 4.32. The van der Waals surface area contributed by atoms with Crippen LogP contribution >= 0.6 is 0 Å². The van der Waals surface area contributed by atoms with Gasteiger partial charge in [0.25, 0.3) is 0 Å². The van der Waals surface area contributed by atoms with Crippen LogP contribution < -0.4 is 0 Å². The Labute approximate surface area is 81.8 Å². The summed E-state index contributed by atoms with van der Waals surface area (Å²) in [6, 6.07) is 3.83. The van der Waals surface area contributed by atoms with E-state index in [1.807, 2.05) is 12.1 Å². The molecule has 0 fully saturated rings. The first-order valence-corrected chi connectivity index (χ1v) is 4.47. The van der Waals surface area contributed by atoms with Gasteiger partial charge in [0.15, 0.2) is 0 Å². The molecule has 2 rings (SSSR count). The fourth-order valence-corrected chi connectivity index (χ4v) is 1.32. The number of nitrogens with zero attached hydrogens (tertiary/aromatic N) is 5. The monoisotopic (exact) mass is 189 g/mol. The number of hydrogen-bond acceptors (Lipinski definition) is 4. The SMILES string of the molecule is CC(C)c1ncccc1-n1cnnn1. The molecule has 5 nitrogen and oxygen atoms in total. The number of aromatic nitrogens is 5. The molecule has 0 radical (unpaired) electrons. The van der Waals surface area contributed by atoms with Crippen molar-refractivity contribution in [2.75, 3.05) is 0 Å². The average molecular weight is 189 g/mol. The maximum Gasteiger partial charge on any atom is 0.143 e. The molecule has 2 aromatic rings. The van der Waals surface area contributed by atoms with Gasteiger partial charge in [0.05, 0.1) is 11.4 Å². The van der Waals surface area contributed by atoms with Gasteiger partial charge >= 0.3 is 0 Å². The zero-order chi connectivity index (χ0) is 9.97. The van der Waals surface area contributed by atoms with Crippen molar-refractivity contribution in [2.24, 2.45) is 0 Å². The van der Waals surface area contributed by atoms with Crippen molar-refractivity contribution >= 4 is 0 Å². The van der Waals surface area contributed by atoms with Crippen LogP contribution in [0.1, 0.15) is 25.5 Å². The highest BCUT2D eigenvalue weighted by atomic mass is 15.5. The molecular formula is C9H11N5. The van der Waals surface area contributed by atoms with E-state index in [4.69, 9.17) is 0 Å². The molecule has 2 aromatic heterocycles. The van der Waals surface area contributed by atoms with Crippen LogP contribution in [0.2, 0.25) is 0 Å². The van der Waals surface area contributed by atoms with Gasteiger partial charge in [-0.05, 0) is 28.5 Å². The Balaban J connectivity index is 2.53. The standard InChI is InChI=1S/C9H11N5/c1-7(2)9-8(4-3-5-10-9)14-6-11-12-13-14/h3-7H,1-2H3. The van der Waals surface area contributed by atoms with E-state index in [0.717, 1.165) is 11.4 Å². The number of hydrogen-bond donors (Lipinski definition) is 0. The Kier molecular flexibility index (Phi) is 2.22. The summed E-state index contributed by atoms with van der Waals surface area (Å²) in [5.74, 6) is 0.357. The van der Waals surface area contributed by atoms with Gasteiger partial charge in [0.1, 0.15) is 6.33 Å². The fraction of sp³-hybridized carbons (Fsp3) is 0.333. The molecule has 5 heteroatoms. The van der Waals surface area contributed by atoms with Crippen molar-refractivity contribution in [1.29, 1.82) is 0 Å². The summed E-state index contributed by atoms with van der Waals surface area (Å²) in [5.41, 5.74) is 1.94. The van der Waals surface area contributed by atoms with Gasteiger partial charge < -0.3 is 0 Å². The summed E-state index contributed by atoms with van der Waals surface area (Å²) in [5, 5.41) is 11.1. The van der Waals surface area contributed by atoms with Crippen molar-refractivity contribution in [3.8, 4) is 5.69 Å². The van der Waals surface area contributed by atoms with Gasteiger partial charge in [0, 0.05) is 6.20 Å². The van der Waals surface area contributed by atoms with E-state index >= 15 is 0 Å². The minimum Gasteiger partial charge on any atom is -0.259 e. The normalized spacial score (nSPS) is 10.8. The number of rotatable bonds is 2. The lowest BCUT2D eigenvalue weighted by Crippen LogP contribution is -2.04. The molecule has 14 heavy (non-hydrogen) atoms. The Morgan fingerprint density at radius 3 is 2.86 bits per heavy atom. The van der Waals surface area contributed by atoms with E-state index in [0.29, 0.717) is 5.92 Å². The highest BCUT2D eigenvalue weighted by Crippen LogP contribution is 2.18. The van der Waals surface area contributed by atoms with Gasteiger partial charge in [-0.15, -0.1) is 5.10 Å². The first-order valence-electron chi connectivity index (χ1n) is 4.47. The van der Waals surface area contributed by atoms with E-state index in [1.165, 1.54) is 0 Å². The molecule has 2 heterocycles. The van der Waals surface area contributed by atoms with Crippen molar-refractivity contribution in [2.45, 2.75) is 19.8 Å². The van der Waals surface area contributed by atoms with Crippen LogP contribution in [0.25, 0.3) is 5.69 Å². The third-order valence-corrected chi connectivity index (χ3v) is 1.96. The topological polar surface area (TPSA) is 56.5 Å². The van der Waals surface area contributed by atoms with Crippen LogP contribution in [0, 0.1) is 0 Å². The zero-order valence-corrected chi connectivity index (χ0v) is 8.12. The van der Waals surface area contributed by atoms with Gasteiger partial charge in [0.2, 0.25) is 0 Å². The molecule has 0 aliphatic rings. The zero-order valence-electron chi connectivity index (χ0n) is 8.12. The molecule has 0 aliphatic heterocycles. The van der Waals surface area contributed by atoms with Gasteiger partial charge in [-0.2, -0.15) is 4.68 Å². The second-order valence-electron chi connectivity index (χ2n) is 3.32. The van der Waals surface area contributed by atoms with Crippen molar-refractivity contribution in [1.82, 2.24) is 25.2 Å². The smallest absolute Gasteiger partial charge is 0.143 e. The summed E-state index contributed by atoms with van der Waals surface area (Å²) in [4.78, 5) is 4.32. The van der Waals surface area contributed by atoms with Crippen LogP contribution in [0.3, 0.4) is 0 Å². The number of tetrazole rings is 1. The largest absolute Gasteiger partial charge is 0.259 e. The lowest BCUT2D eigenvalue weighted by molar-refractivity contribution is 0.745. The lowest BCUT2D eigenvalue weighted by Gasteiger charge is -2.09. The molecular weight excluding hydrogens is 178 g/mol. The maximum absolute atomic E-state index is 4.32. The van der Waals surface area contributed by atoms with Crippen molar-refractivity contribution in [3.05, 3.63) is 30.4 Å². The summed E-state index contributed by atoms with van der Waals surface area (Å²) < 4.78 is 1.63. The quantitative estimate of drug-likeness (QED) is 0.711. The third kappa shape index (κ3) is 1.48. The average Bonchev–Trinajstić information content (AvgIpc) is 2.70. The second-order valence-corrected chi connectivity index (χ2v) is 3.32. The Bertz CT molecular complexity index is 407. The third-order valence-electron chi connectivity index (χ3n) is 1.96. The summed E-state index contributed by atoms with van der Waals surface area (Å²) in [7, 11) is 0. The molecule has 0 bridgehead atoms. The summed E-state index contributed by atoms with van der Waals surface area (Å²) in [6.45, 7) is 4.19. The molecule has 0 aliphatic carbocycles. The van der Waals surface area contributed by atoms with Gasteiger partial charge in [-0.1, -0.05) is 13.8 Å². The molecule has 72 valence electrons. The van der Waals surface area contributed by atoms with Crippen LogP contribution in [-0.2, 0) is 0 Å². The van der Waals surface area contributed by atoms with Crippen molar-refractivity contribution in [3.63, 3.8) is 0 Å². The molecule has 0 N–H and O–H groups in total. The van der Waals surface area contributed by atoms with Gasteiger partial charge in [-0.3, -0.25) is 4.98 Å². The molecule has 0 unspecified atom stereocenters. The second kappa shape index (κ2) is 3.53. The lowest BCUT2D eigenvalue weighted by atomic mass is 10.1. The van der Waals surface area contributed by atoms with Crippen LogP contribution in [0.15, 0.2) is 24.7 Å². The molecule has 0 amide bonds. The van der Waals surface area contributed by atoms with Crippen LogP contribution in [-0.4, -0.2) is 25.2 Å². The Morgan fingerprint density at radius 1 is 1.36 bits per heavy atom. The highest BCUT2D eigenvalue weighted by molar-refractivity contribution is 5.36. The first-order chi connectivity index (χ1) is 6.79. The molecule has 0 aromatic carbocycles. The first kappa shape index (κ1) is 8.80. The van der Waals surface area contributed by atoms with E-state index in [-0.39, 0.29) is 0 Å². The van der Waals surface area contributed by atoms with Crippen LogP contribution in [0.5, 0.6) is 0 Å². The minimum atomic E-state index is 0.357. The van der Waals surface area contributed by atoms with Gasteiger partial charge in [-0.25, -0.2) is 0 Å². The van der Waals surface area contributed by atoms with E-state index in [9.17, 15) is 0 Å². The molecule has 0 saturated carbocycles. The van der Waals surface area contributed by atoms with E-state index in [1.54, 1.807) is 17.2 Å². The molecule has 0 spiro atoms. The summed E-state index contributed by atoms with van der Waals surface area (Å²) >= 11 is 0. The van der Waals surface area contributed by atoms with Crippen LogP contribution in [0.4, 0.5) is 0 Å². The molecule has 0 atom stereocenters. The van der Waals surface area contributed by atoms with Crippen molar-refractivity contribution < 1.29 is 0 Å².